The van der Waals surface area contributed by atoms with Gasteiger partial charge in [0.25, 0.3) is 0 Å². The smallest absolute Gasteiger partial charge is 0.327 e. The largest absolute Gasteiger partial charge is 0.480 e. The maximum absolute atomic E-state index is 13.5. The number of carboxylic acids is 1. The van der Waals surface area contributed by atoms with Crippen molar-refractivity contribution in [3.05, 3.63) is 144 Å². The molecule has 1 amide bonds. The van der Waals surface area contributed by atoms with Gasteiger partial charge in [0.1, 0.15) is 6.04 Å². The minimum absolute atomic E-state index is 0.0461. The molecular weight excluding hydrogens is 454 g/mol. The topological polar surface area (TPSA) is 66.4 Å². The van der Waals surface area contributed by atoms with Gasteiger partial charge >= 0.3 is 5.97 Å². The summed E-state index contributed by atoms with van der Waals surface area (Å²) in [7, 11) is 0. The zero-order valence-electron chi connectivity index (χ0n) is 19.2. The Balaban J connectivity index is 1.55. The van der Waals surface area contributed by atoms with E-state index in [1.807, 2.05) is 121 Å². The summed E-state index contributed by atoms with van der Waals surface area (Å²) < 4.78 is 0. The van der Waals surface area contributed by atoms with E-state index in [9.17, 15) is 14.7 Å². The van der Waals surface area contributed by atoms with E-state index in [0.29, 0.717) is 0 Å². The van der Waals surface area contributed by atoms with Gasteiger partial charge in [0.2, 0.25) is 5.91 Å². The van der Waals surface area contributed by atoms with Crippen molar-refractivity contribution < 1.29 is 14.7 Å². The molecule has 0 spiro atoms. The van der Waals surface area contributed by atoms with Gasteiger partial charge in [-0.05, 0) is 22.3 Å². The van der Waals surface area contributed by atoms with Gasteiger partial charge in [-0.2, -0.15) is 0 Å². The summed E-state index contributed by atoms with van der Waals surface area (Å²) in [6.07, 6.45) is 0. The highest BCUT2D eigenvalue weighted by Gasteiger charge is 2.29. The quantitative estimate of drug-likeness (QED) is 0.295. The summed E-state index contributed by atoms with van der Waals surface area (Å²) in [4.78, 5) is 25.6. The Labute approximate surface area is 210 Å². The number of carboxylic acid groups (broad SMARTS) is 1. The molecule has 0 unspecified atom stereocenters. The molecule has 0 aliphatic rings. The first kappa shape index (κ1) is 24.3. The predicted molar refractivity (Wildman–Crippen MR) is 141 cm³/mol. The molecular formula is C30H27NO3S. The summed E-state index contributed by atoms with van der Waals surface area (Å²) in [6.45, 7) is 0. The third-order valence-corrected chi connectivity index (χ3v) is 7.18. The van der Waals surface area contributed by atoms with Crippen LogP contribution in [0.25, 0.3) is 0 Å². The van der Waals surface area contributed by atoms with Gasteiger partial charge in [-0.25, -0.2) is 4.79 Å². The number of rotatable bonds is 10. The molecule has 0 aromatic heterocycles. The first-order valence-corrected chi connectivity index (χ1v) is 12.5. The van der Waals surface area contributed by atoms with Gasteiger partial charge in [-0.3, -0.25) is 4.79 Å². The lowest BCUT2D eigenvalue weighted by Crippen LogP contribution is -2.45. The van der Waals surface area contributed by atoms with Crippen LogP contribution in [0.2, 0.25) is 0 Å². The Kier molecular flexibility index (Phi) is 8.36. The molecule has 4 aromatic carbocycles. The van der Waals surface area contributed by atoms with Crippen LogP contribution < -0.4 is 5.32 Å². The predicted octanol–water partition coefficient (Wildman–Crippen LogP) is 5.91. The van der Waals surface area contributed by atoms with E-state index in [2.05, 4.69) is 5.32 Å². The fraction of sp³-hybridized carbons (Fsp3) is 0.133. The number of amides is 1. The third-order valence-electron chi connectivity index (χ3n) is 5.78. The van der Waals surface area contributed by atoms with Crippen molar-refractivity contribution in [2.75, 3.05) is 5.75 Å². The van der Waals surface area contributed by atoms with Gasteiger partial charge in [0, 0.05) is 5.75 Å². The molecule has 0 radical (unpaired) electrons. The van der Waals surface area contributed by atoms with Crippen LogP contribution in [0.3, 0.4) is 0 Å². The molecule has 0 aliphatic carbocycles. The van der Waals surface area contributed by atoms with Crippen molar-refractivity contribution in [2.45, 2.75) is 17.2 Å². The maximum Gasteiger partial charge on any atom is 0.327 e. The molecule has 0 aliphatic heterocycles. The van der Waals surface area contributed by atoms with Crippen LogP contribution in [-0.4, -0.2) is 28.8 Å². The molecule has 176 valence electrons. The highest BCUT2D eigenvalue weighted by Crippen LogP contribution is 2.36. The Morgan fingerprint density at radius 3 is 1.37 bits per heavy atom. The second-order valence-corrected chi connectivity index (χ2v) is 9.33. The van der Waals surface area contributed by atoms with Crippen LogP contribution in [0.1, 0.15) is 33.4 Å². The molecule has 0 fully saturated rings. The number of hydrogen-bond acceptors (Lipinski definition) is 3. The number of aliphatic carboxylic acids is 1. The van der Waals surface area contributed by atoms with Crippen LogP contribution in [0, 0.1) is 0 Å². The van der Waals surface area contributed by atoms with Gasteiger partial charge in [-0.1, -0.05) is 121 Å². The molecule has 35 heavy (non-hydrogen) atoms. The van der Waals surface area contributed by atoms with Gasteiger partial charge in [-0.15, -0.1) is 11.8 Å². The Morgan fingerprint density at radius 1 is 0.629 bits per heavy atom. The molecule has 4 aromatic rings. The van der Waals surface area contributed by atoms with Crippen molar-refractivity contribution >= 4 is 23.6 Å². The van der Waals surface area contributed by atoms with E-state index >= 15 is 0 Å². The Morgan fingerprint density at radius 2 is 1.00 bits per heavy atom. The molecule has 5 heteroatoms. The van der Waals surface area contributed by atoms with Gasteiger partial charge in [0.15, 0.2) is 0 Å². The van der Waals surface area contributed by atoms with Gasteiger partial charge in [0.05, 0.1) is 11.2 Å². The van der Waals surface area contributed by atoms with Crippen LogP contribution in [0.15, 0.2) is 121 Å². The zero-order chi connectivity index (χ0) is 24.5. The number of carbonyl (C=O) groups excluding carboxylic acids is 1. The first-order chi connectivity index (χ1) is 17.1. The normalized spacial score (nSPS) is 11.8. The molecule has 4 rings (SSSR count). The minimum Gasteiger partial charge on any atom is -0.480 e. The van der Waals surface area contributed by atoms with E-state index in [-0.39, 0.29) is 16.9 Å². The summed E-state index contributed by atoms with van der Waals surface area (Å²) in [6, 6.07) is 37.9. The lowest BCUT2D eigenvalue weighted by molar-refractivity contribution is -0.141. The van der Waals surface area contributed by atoms with Gasteiger partial charge < -0.3 is 10.4 Å². The van der Waals surface area contributed by atoms with E-state index in [4.69, 9.17) is 0 Å². The number of carbonyl (C=O) groups is 2. The highest BCUT2D eigenvalue weighted by atomic mass is 32.2. The number of hydrogen-bond donors (Lipinski definition) is 2. The molecule has 0 saturated heterocycles. The molecule has 0 heterocycles. The lowest BCUT2D eigenvalue weighted by atomic mass is 9.90. The third kappa shape index (κ3) is 6.40. The average molecular weight is 482 g/mol. The molecule has 0 bridgehead atoms. The molecule has 0 saturated carbocycles. The van der Waals surface area contributed by atoms with Crippen molar-refractivity contribution in [1.82, 2.24) is 5.32 Å². The van der Waals surface area contributed by atoms with Crippen LogP contribution in [0.4, 0.5) is 0 Å². The second kappa shape index (κ2) is 12.0. The zero-order valence-corrected chi connectivity index (χ0v) is 20.0. The molecule has 1 atom stereocenters. The molecule has 4 nitrogen and oxygen atoms in total. The monoisotopic (exact) mass is 481 g/mol. The minimum atomic E-state index is -1.05. The SMILES string of the molecule is O=C(N[C@@H](CSC(c1ccccc1)c1ccccc1)C(=O)O)C(c1ccccc1)c1ccccc1. The van der Waals surface area contributed by atoms with Crippen LogP contribution in [-0.2, 0) is 9.59 Å². The van der Waals surface area contributed by atoms with Crippen LogP contribution >= 0.6 is 11.8 Å². The van der Waals surface area contributed by atoms with Crippen LogP contribution in [0.5, 0.6) is 0 Å². The number of nitrogens with one attached hydrogen (secondary N) is 1. The summed E-state index contributed by atoms with van der Waals surface area (Å²) in [5.41, 5.74) is 3.81. The lowest BCUT2D eigenvalue weighted by Gasteiger charge is -2.23. The van der Waals surface area contributed by atoms with Crippen molar-refractivity contribution in [2.24, 2.45) is 0 Å². The fourth-order valence-corrected chi connectivity index (χ4v) is 5.36. The summed E-state index contributed by atoms with van der Waals surface area (Å²) >= 11 is 1.51. The maximum atomic E-state index is 13.5. The summed E-state index contributed by atoms with van der Waals surface area (Å²) in [5.74, 6) is -1.74. The average Bonchev–Trinajstić information content (AvgIpc) is 2.90. The van der Waals surface area contributed by atoms with Crippen molar-refractivity contribution in [3.8, 4) is 0 Å². The highest BCUT2D eigenvalue weighted by molar-refractivity contribution is 7.99. The van der Waals surface area contributed by atoms with Crippen molar-refractivity contribution in [3.63, 3.8) is 0 Å². The summed E-state index contributed by atoms with van der Waals surface area (Å²) in [5, 5.41) is 12.7. The van der Waals surface area contributed by atoms with E-state index in [0.717, 1.165) is 22.3 Å². The molecule has 2 N–H and O–H groups in total. The Bertz CT molecular complexity index is 1140. The first-order valence-electron chi connectivity index (χ1n) is 11.5. The number of benzene rings is 4. The Hall–Kier alpha value is -3.83. The van der Waals surface area contributed by atoms with Crippen molar-refractivity contribution in [1.29, 1.82) is 0 Å². The second-order valence-electron chi connectivity index (χ2n) is 8.19. The van der Waals surface area contributed by atoms with E-state index < -0.39 is 17.9 Å². The fourth-order valence-electron chi connectivity index (χ4n) is 4.05. The standard InChI is InChI=1S/C30H27NO3S/c32-29(27(22-13-5-1-6-14-22)23-15-7-2-8-16-23)31-26(30(33)34)21-35-28(24-17-9-3-10-18-24)25-19-11-4-12-20-25/h1-20,26-28H,21H2,(H,31,32)(H,33,34)/t26-/m0/s1. The van der Waals surface area contributed by atoms with E-state index in [1.54, 1.807) is 0 Å². The number of thioether (sulfide) groups is 1. The van der Waals surface area contributed by atoms with E-state index in [1.165, 1.54) is 11.8 Å².